The van der Waals surface area contributed by atoms with Gasteiger partial charge in [0.2, 0.25) is 5.95 Å². The number of nitrogens with one attached hydrogen (secondary N) is 1. The molecule has 0 amide bonds. The highest BCUT2D eigenvalue weighted by Gasteiger charge is 1.99. The molecular weight excluding hydrogens is 212 g/mol. The lowest BCUT2D eigenvalue weighted by Crippen LogP contribution is -1.91. The molecule has 0 aliphatic carbocycles. The van der Waals surface area contributed by atoms with Crippen molar-refractivity contribution in [3.05, 3.63) is 48.3 Å². The Kier molecular flexibility index (Phi) is 2.26. The van der Waals surface area contributed by atoms with Crippen LogP contribution in [0.25, 0.3) is 11.0 Å². The SMILES string of the molecule is Cn1cccc1/C=N/c1nc2ccccc2[nH]1. The van der Waals surface area contributed by atoms with E-state index in [-0.39, 0.29) is 0 Å². The zero-order valence-corrected chi connectivity index (χ0v) is 9.46. The normalized spacial score (nSPS) is 11.6. The van der Waals surface area contributed by atoms with Gasteiger partial charge in [-0.25, -0.2) is 9.98 Å². The molecule has 0 atom stereocenters. The van der Waals surface area contributed by atoms with Gasteiger partial charge in [0.05, 0.1) is 22.9 Å². The lowest BCUT2D eigenvalue weighted by molar-refractivity contribution is 0.918. The zero-order chi connectivity index (χ0) is 11.7. The molecule has 0 bridgehead atoms. The summed E-state index contributed by atoms with van der Waals surface area (Å²) in [6, 6.07) is 11.9. The first-order valence-electron chi connectivity index (χ1n) is 5.43. The van der Waals surface area contributed by atoms with Crippen molar-refractivity contribution in [3.63, 3.8) is 0 Å². The fraction of sp³-hybridized carbons (Fsp3) is 0.0769. The van der Waals surface area contributed by atoms with E-state index in [9.17, 15) is 0 Å². The number of aryl methyl sites for hydroxylation is 1. The van der Waals surface area contributed by atoms with Gasteiger partial charge in [-0.1, -0.05) is 12.1 Å². The highest BCUT2D eigenvalue weighted by molar-refractivity contribution is 5.81. The van der Waals surface area contributed by atoms with Gasteiger partial charge in [0.15, 0.2) is 0 Å². The Morgan fingerprint density at radius 2 is 2.12 bits per heavy atom. The number of hydrogen-bond acceptors (Lipinski definition) is 2. The van der Waals surface area contributed by atoms with Gasteiger partial charge in [-0.3, -0.25) is 0 Å². The maximum absolute atomic E-state index is 4.38. The van der Waals surface area contributed by atoms with Crippen molar-refractivity contribution in [2.75, 3.05) is 0 Å². The van der Waals surface area contributed by atoms with Gasteiger partial charge < -0.3 is 9.55 Å². The van der Waals surface area contributed by atoms with Crippen LogP contribution in [0.1, 0.15) is 5.69 Å². The Labute approximate surface area is 98.6 Å². The molecule has 1 N–H and O–H groups in total. The summed E-state index contributed by atoms with van der Waals surface area (Å²) in [6.07, 6.45) is 3.79. The standard InChI is InChI=1S/C13H12N4/c1-17-8-4-5-10(17)9-14-13-15-11-6-2-3-7-12(11)16-13/h2-9H,1H3,(H,15,16)/b14-9+. The van der Waals surface area contributed by atoms with Crippen LogP contribution >= 0.6 is 0 Å². The number of nitrogens with zero attached hydrogens (tertiary/aromatic N) is 3. The van der Waals surface area contributed by atoms with Crippen molar-refractivity contribution in [3.8, 4) is 0 Å². The summed E-state index contributed by atoms with van der Waals surface area (Å²) in [6.45, 7) is 0. The first-order valence-corrected chi connectivity index (χ1v) is 5.43. The quantitative estimate of drug-likeness (QED) is 0.668. The Bertz CT molecular complexity index is 642. The average Bonchev–Trinajstić information content (AvgIpc) is 2.92. The molecule has 0 spiro atoms. The van der Waals surface area contributed by atoms with E-state index in [4.69, 9.17) is 0 Å². The van der Waals surface area contributed by atoms with Gasteiger partial charge >= 0.3 is 0 Å². The van der Waals surface area contributed by atoms with Crippen molar-refractivity contribution in [2.45, 2.75) is 0 Å². The van der Waals surface area contributed by atoms with E-state index in [1.165, 1.54) is 0 Å². The number of aliphatic imine (C=N–C) groups is 1. The molecule has 0 saturated heterocycles. The minimum atomic E-state index is 0.632. The van der Waals surface area contributed by atoms with E-state index < -0.39 is 0 Å². The van der Waals surface area contributed by atoms with Crippen LogP contribution in [0.4, 0.5) is 5.95 Å². The lowest BCUT2D eigenvalue weighted by atomic mass is 10.3. The summed E-state index contributed by atoms with van der Waals surface area (Å²) >= 11 is 0. The Morgan fingerprint density at radius 1 is 1.24 bits per heavy atom. The van der Waals surface area contributed by atoms with E-state index in [2.05, 4.69) is 15.0 Å². The third-order valence-electron chi connectivity index (χ3n) is 2.68. The van der Waals surface area contributed by atoms with Crippen molar-refractivity contribution in [2.24, 2.45) is 12.0 Å². The molecule has 84 valence electrons. The van der Waals surface area contributed by atoms with Gasteiger partial charge in [0.1, 0.15) is 0 Å². The number of hydrogen-bond donors (Lipinski definition) is 1. The van der Waals surface area contributed by atoms with Crippen LogP contribution in [0.15, 0.2) is 47.6 Å². The molecule has 0 fully saturated rings. The number of imidazole rings is 1. The Morgan fingerprint density at radius 3 is 2.88 bits per heavy atom. The molecule has 2 heterocycles. The minimum absolute atomic E-state index is 0.632. The molecule has 0 unspecified atom stereocenters. The predicted molar refractivity (Wildman–Crippen MR) is 68.8 cm³/mol. The predicted octanol–water partition coefficient (Wildman–Crippen LogP) is 2.65. The number of rotatable bonds is 2. The molecule has 0 aliphatic rings. The minimum Gasteiger partial charge on any atom is -0.350 e. The highest BCUT2D eigenvalue weighted by atomic mass is 15.1. The fourth-order valence-electron chi connectivity index (χ4n) is 1.74. The molecule has 2 aromatic heterocycles. The Hall–Kier alpha value is -2.36. The monoisotopic (exact) mass is 224 g/mol. The number of H-pyrrole nitrogens is 1. The van der Waals surface area contributed by atoms with Gasteiger partial charge in [0, 0.05) is 13.2 Å². The topological polar surface area (TPSA) is 46.0 Å². The van der Waals surface area contributed by atoms with Gasteiger partial charge in [0.25, 0.3) is 0 Å². The van der Waals surface area contributed by atoms with Crippen LogP contribution < -0.4 is 0 Å². The summed E-state index contributed by atoms with van der Waals surface area (Å²) in [5.74, 6) is 0.632. The largest absolute Gasteiger partial charge is 0.350 e. The molecule has 1 aromatic carbocycles. The summed E-state index contributed by atoms with van der Waals surface area (Å²) in [7, 11) is 1.99. The fourth-order valence-corrected chi connectivity index (χ4v) is 1.74. The third-order valence-corrected chi connectivity index (χ3v) is 2.68. The van der Waals surface area contributed by atoms with Crippen molar-refractivity contribution in [1.29, 1.82) is 0 Å². The molecule has 3 aromatic rings. The summed E-state index contributed by atoms with van der Waals surface area (Å²) in [4.78, 5) is 11.9. The second-order valence-electron chi connectivity index (χ2n) is 3.88. The first kappa shape index (κ1) is 9.84. The van der Waals surface area contributed by atoms with Crippen molar-refractivity contribution < 1.29 is 0 Å². The maximum Gasteiger partial charge on any atom is 0.227 e. The van der Waals surface area contributed by atoms with E-state index in [1.807, 2.05) is 54.2 Å². The second-order valence-corrected chi connectivity index (χ2v) is 3.88. The van der Waals surface area contributed by atoms with E-state index in [0.29, 0.717) is 5.95 Å². The van der Waals surface area contributed by atoms with Crippen molar-refractivity contribution in [1.82, 2.24) is 14.5 Å². The van der Waals surface area contributed by atoms with Crippen LogP contribution in [-0.2, 0) is 7.05 Å². The highest BCUT2D eigenvalue weighted by Crippen LogP contribution is 2.15. The number of fused-ring (bicyclic) bond motifs is 1. The molecular formula is C13H12N4. The van der Waals surface area contributed by atoms with Crippen LogP contribution in [0.2, 0.25) is 0 Å². The summed E-state index contributed by atoms with van der Waals surface area (Å²) < 4.78 is 2.01. The number of benzene rings is 1. The first-order chi connectivity index (χ1) is 8.33. The Balaban J connectivity index is 1.95. The molecule has 4 heteroatoms. The average molecular weight is 224 g/mol. The van der Waals surface area contributed by atoms with Crippen LogP contribution in [0.5, 0.6) is 0 Å². The van der Waals surface area contributed by atoms with Crippen LogP contribution in [-0.4, -0.2) is 20.7 Å². The van der Waals surface area contributed by atoms with Crippen LogP contribution in [0, 0.1) is 0 Å². The van der Waals surface area contributed by atoms with Gasteiger partial charge in [-0.2, -0.15) is 0 Å². The van der Waals surface area contributed by atoms with E-state index >= 15 is 0 Å². The molecule has 3 rings (SSSR count). The molecule has 4 nitrogen and oxygen atoms in total. The molecule has 0 radical (unpaired) electrons. The smallest absolute Gasteiger partial charge is 0.227 e. The second kappa shape index (κ2) is 3.90. The number of aromatic amines is 1. The maximum atomic E-state index is 4.38. The number of aromatic nitrogens is 3. The molecule has 0 aliphatic heterocycles. The van der Waals surface area contributed by atoms with Crippen molar-refractivity contribution >= 4 is 23.2 Å². The van der Waals surface area contributed by atoms with Crippen LogP contribution in [0.3, 0.4) is 0 Å². The van der Waals surface area contributed by atoms with Gasteiger partial charge in [-0.05, 0) is 24.3 Å². The molecule has 17 heavy (non-hydrogen) atoms. The lowest BCUT2D eigenvalue weighted by Gasteiger charge is -1.93. The zero-order valence-electron chi connectivity index (χ0n) is 9.46. The molecule has 0 saturated carbocycles. The van der Waals surface area contributed by atoms with E-state index in [1.54, 1.807) is 6.21 Å². The number of para-hydroxylation sites is 2. The van der Waals surface area contributed by atoms with Gasteiger partial charge in [-0.15, -0.1) is 0 Å². The summed E-state index contributed by atoms with van der Waals surface area (Å²) in [5.41, 5.74) is 2.99. The third kappa shape index (κ3) is 1.85. The summed E-state index contributed by atoms with van der Waals surface area (Å²) in [5, 5.41) is 0. The van der Waals surface area contributed by atoms with E-state index in [0.717, 1.165) is 16.7 Å².